The first-order chi connectivity index (χ1) is 33.9. The highest BCUT2D eigenvalue weighted by Crippen LogP contribution is 2.46. The molecule has 0 unspecified atom stereocenters. The summed E-state index contributed by atoms with van der Waals surface area (Å²) in [6.45, 7) is 14.0. The van der Waals surface area contributed by atoms with E-state index in [1.807, 2.05) is 0 Å². The number of rotatable bonds is 8. The van der Waals surface area contributed by atoms with Gasteiger partial charge in [-0.05, 0) is 173 Å². The second-order valence-corrected chi connectivity index (χ2v) is 21.1. The van der Waals surface area contributed by atoms with Gasteiger partial charge in [0.05, 0.1) is 11.0 Å². The van der Waals surface area contributed by atoms with E-state index in [4.69, 9.17) is 0 Å². The average molecular weight is 902 g/mol. The van der Waals surface area contributed by atoms with Gasteiger partial charge in [-0.3, -0.25) is 0 Å². The van der Waals surface area contributed by atoms with E-state index < -0.39 is 0 Å². The van der Waals surface area contributed by atoms with E-state index in [1.54, 1.807) is 0 Å². The lowest BCUT2D eigenvalue weighted by Crippen LogP contribution is -2.11. The summed E-state index contributed by atoms with van der Waals surface area (Å²) in [7, 11) is 2.28. The smallest absolute Gasteiger partial charge is 0.0568 e. The second kappa shape index (κ2) is 17.8. The zero-order chi connectivity index (χ0) is 48.1. The minimum atomic E-state index is -0.0804. The molecular formula is C69H59N. The second-order valence-electron chi connectivity index (χ2n) is 21.1. The summed E-state index contributed by atoms with van der Waals surface area (Å²) in [5.74, 6) is 0. The third-order valence-corrected chi connectivity index (χ3v) is 14.2. The lowest BCUT2D eigenvalue weighted by atomic mass is 9.82. The fourth-order valence-corrected chi connectivity index (χ4v) is 10.3. The molecular weight excluding hydrogens is 843 g/mol. The average Bonchev–Trinajstić information content (AvgIpc) is 3.69. The van der Waals surface area contributed by atoms with Gasteiger partial charge in [-0.15, -0.1) is 0 Å². The molecule has 0 aliphatic heterocycles. The predicted octanol–water partition coefficient (Wildman–Crippen LogP) is 19.3. The summed E-state index contributed by atoms with van der Waals surface area (Å²) in [6, 6.07) is 85.5. The maximum absolute atomic E-state index is 2.49. The molecule has 0 saturated carbocycles. The van der Waals surface area contributed by atoms with E-state index in [9.17, 15) is 0 Å². The summed E-state index contributed by atoms with van der Waals surface area (Å²) in [6.07, 6.45) is 0. The van der Waals surface area contributed by atoms with Crippen LogP contribution in [0.25, 0.3) is 111 Å². The number of nitrogens with zero attached hydrogens (tertiary/aromatic N) is 1. The van der Waals surface area contributed by atoms with Crippen LogP contribution < -0.4 is 0 Å². The normalized spacial score (nSPS) is 11.9. The Hall–Kier alpha value is -8.00. The molecule has 0 atom stereocenters. The number of aryl methyl sites for hydroxylation is 1. The Morgan fingerprint density at radius 1 is 0.243 bits per heavy atom. The van der Waals surface area contributed by atoms with Gasteiger partial charge in [0.1, 0.15) is 0 Å². The van der Waals surface area contributed by atoms with Crippen LogP contribution in [-0.2, 0) is 17.9 Å². The molecule has 10 aromatic carbocycles. The molecule has 0 saturated heterocycles. The van der Waals surface area contributed by atoms with Crippen LogP contribution in [-0.4, -0.2) is 4.57 Å². The minimum Gasteiger partial charge on any atom is -0.343 e. The van der Waals surface area contributed by atoms with Crippen LogP contribution in [0, 0.1) is 0 Å². The van der Waals surface area contributed by atoms with Crippen molar-refractivity contribution in [1.29, 1.82) is 0 Å². The lowest BCUT2D eigenvalue weighted by Gasteiger charge is -2.22. The van der Waals surface area contributed by atoms with E-state index in [-0.39, 0.29) is 10.8 Å². The molecule has 70 heavy (non-hydrogen) atoms. The molecule has 0 aliphatic rings. The van der Waals surface area contributed by atoms with Crippen LogP contribution in [0.2, 0.25) is 0 Å². The summed E-state index contributed by atoms with van der Waals surface area (Å²) >= 11 is 0. The SMILES string of the molecule is Cn1c2c(-c3cccc(-c4cc(-c5ccccc5)cc(-c5ccccc5)c4)c3)cc(C(C)(C)C)cc2c2cc(C(C)(C)C)cc(-c3cccc(-c4cc(-c5ccccc5)cc(-c5ccccc5)c4)c3)c21. The maximum Gasteiger partial charge on any atom is 0.0568 e. The number of benzene rings is 10. The highest BCUT2D eigenvalue weighted by Gasteiger charge is 2.25. The van der Waals surface area contributed by atoms with Crippen molar-refractivity contribution in [2.75, 3.05) is 0 Å². The van der Waals surface area contributed by atoms with Gasteiger partial charge in [0.15, 0.2) is 0 Å². The van der Waals surface area contributed by atoms with Crippen molar-refractivity contribution in [1.82, 2.24) is 4.57 Å². The van der Waals surface area contributed by atoms with E-state index in [1.165, 1.54) is 122 Å². The Bertz CT molecular complexity index is 3330. The molecule has 340 valence electrons. The van der Waals surface area contributed by atoms with Crippen molar-refractivity contribution in [3.63, 3.8) is 0 Å². The Balaban J connectivity index is 1.12. The van der Waals surface area contributed by atoms with E-state index in [0.29, 0.717) is 0 Å². The molecule has 0 spiro atoms. The Labute approximate surface area is 414 Å². The summed E-state index contributed by atoms with van der Waals surface area (Å²) in [5, 5.41) is 2.57. The van der Waals surface area contributed by atoms with E-state index >= 15 is 0 Å². The highest BCUT2D eigenvalue weighted by atomic mass is 14.9. The molecule has 1 heteroatoms. The Morgan fingerprint density at radius 2 is 0.486 bits per heavy atom. The van der Waals surface area contributed by atoms with Crippen LogP contribution in [0.5, 0.6) is 0 Å². The van der Waals surface area contributed by atoms with Gasteiger partial charge in [0.25, 0.3) is 0 Å². The van der Waals surface area contributed by atoms with Gasteiger partial charge in [-0.2, -0.15) is 0 Å². The van der Waals surface area contributed by atoms with Crippen molar-refractivity contribution >= 4 is 21.8 Å². The van der Waals surface area contributed by atoms with Crippen molar-refractivity contribution < 1.29 is 0 Å². The first kappa shape index (κ1) is 44.5. The summed E-state index contributed by atoms with van der Waals surface area (Å²) in [5.41, 5.74) is 24.3. The van der Waals surface area contributed by atoms with Crippen LogP contribution in [0.3, 0.4) is 0 Å². The number of hydrogen-bond acceptors (Lipinski definition) is 0. The van der Waals surface area contributed by atoms with E-state index in [2.05, 4.69) is 284 Å². The molecule has 11 aromatic rings. The molecule has 11 rings (SSSR count). The summed E-state index contributed by atoms with van der Waals surface area (Å²) in [4.78, 5) is 0. The molecule has 1 nitrogen and oxygen atoms in total. The van der Waals surface area contributed by atoms with Crippen LogP contribution >= 0.6 is 0 Å². The number of fused-ring (bicyclic) bond motifs is 3. The van der Waals surface area contributed by atoms with Crippen molar-refractivity contribution in [2.45, 2.75) is 52.4 Å². The summed E-state index contributed by atoms with van der Waals surface area (Å²) < 4.78 is 2.49. The van der Waals surface area contributed by atoms with Crippen LogP contribution in [0.15, 0.2) is 231 Å². The van der Waals surface area contributed by atoms with Gasteiger partial charge in [-0.25, -0.2) is 0 Å². The van der Waals surface area contributed by atoms with Gasteiger partial charge < -0.3 is 4.57 Å². The molecule has 0 aliphatic carbocycles. The lowest BCUT2D eigenvalue weighted by molar-refractivity contribution is 0.590. The molecule has 1 aromatic heterocycles. The quantitative estimate of drug-likeness (QED) is 0.143. The van der Waals surface area contributed by atoms with Gasteiger partial charge >= 0.3 is 0 Å². The number of hydrogen-bond donors (Lipinski definition) is 0. The zero-order valence-electron chi connectivity index (χ0n) is 41.4. The largest absolute Gasteiger partial charge is 0.343 e. The standard InChI is InChI=1S/C69H59N/c1-68(2,3)60-42-62(52-32-20-30-50(34-52)58-38-54(46-22-12-8-13-23-46)36-55(39-58)47-24-14-9-15-25-47)66-64(44-60)65-45-61(69(4,5)6)43-63(67(65)70(66)7)53-33-21-31-51(35-53)59-40-56(48-26-16-10-17-27-48)37-57(41-59)49-28-18-11-19-29-49/h8-45H,1-7H3. The minimum absolute atomic E-state index is 0.0804. The zero-order valence-corrected chi connectivity index (χ0v) is 41.4. The monoisotopic (exact) mass is 901 g/mol. The molecule has 0 bridgehead atoms. The van der Waals surface area contributed by atoms with Crippen LogP contribution in [0.1, 0.15) is 52.7 Å². The molecule has 0 fully saturated rings. The first-order valence-corrected chi connectivity index (χ1v) is 24.7. The van der Waals surface area contributed by atoms with Gasteiger partial charge in [-0.1, -0.05) is 199 Å². The fraction of sp³-hybridized carbons (Fsp3) is 0.130. The molecule has 0 radical (unpaired) electrons. The maximum atomic E-state index is 2.49. The number of aromatic nitrogens is 1. The van der Waals surface area contributed by atoms with Crippen molar-refractivity contribution in [2.24, 2.45) is 7.05 Å². The third-order valence-electron chi connectivity index (χ3n) is 14.2. The third kappa shape index (κ3) is 8.58. The molecule has 0 amide bonds. The molecule has 1 heterocycles. The Kier molecular flexibility index (Phi) is 11.3. The van der Waals surface area contributed by atoms with E-state index in [0.717, 1.165) is 0 Å². The predicted molar refractivity (Wildman–Crippen MR) is 301 cm³/mol. The first-order valence-electron chi connectivity index (χ1n) is 24.7. The topological polar surface area (TPSA) is 4.93 Å². The van der Waals surface area contributed by atoms with Crippen molar-refractivity contribution in [3.05, 3.63) is 242 Å². The van der Waals surface area contributed by atoms with Gasteiger partial charge in [0, 0.05) is 28.9 Å². The van der Waals surface area contributed by atoms with Gasteiger partial charge in [0.2, 0.25) is 0 Å². The van der Waals surface area contributed by atoms with Crippen LogP contribution in [0.4, 0.5) is 0 Å². The highest BCUT2D eigenvalue weighted by molar-refractivity contribution is 6.17. The Morgan fingerprint density at radius 3 is 0.771 bits per heavy atom. The fourth-order valence-electron chi connectivity index (χ4n) is 10.3. The van der Waals surface area contributed by atoms with Crippen molar-refractivity contribution in [3.8, 4) is 89.0 Å². The molecule has 0 N–H and O–H groups in total.